The molecule has 1 aromatic heterocycles. The minimum atomic E-state index is -4.61. The van der Waals surface area contributed by atoms with Gasteiger partial charge in [-0.1, -0.05) is 12.1 Å². The third-order valence-corrected chi connectivity index (χ3v) is 4.47. The van der Waals surface area contributed by atoms with Crippen molar-refractivity contribution < 1.29 is 23.1 Å². The summed E-state index contributed by atoms with van der Waals surface area (Å²) >= 11 is 0. The summed E-state index contributed by atoms with van der Waals surface area (Å²) < 4.78 is 41.0. The lowest BCUT2D eigenvalue weighted by molar-refractivity contribution is -0.137. The van der Waals surface area contributed by atoms with Gasteiger partial charge < -0.3 is 10.4 Å². The van der Waals surface area contributed by atoms with Crippen LogP contribution in [0.15, 0.2) is 36.7 Å². The molecule has 25 heavy (non-hydrogen) atoms. The van der Waals surface area contributed by atoms with Crippen LogP contribution in [0.5, 0.6) is 0 Å². The van der Waals surface area contributed by atoms with Crippen molar-refractivity contribution in [1.82, 2.24) is 15.1 Å². The number of rotatable bonds is 4. The first-order valence-corrected chi connectivity index (χ1v) is 7.89. The summed E-state index contributed by atoms with van der Waals surface area (Å²) in [4.78, 5) is 12.5. The van der Waals surface area contributed by atoms with Gasteiger partial charge in [-0.05, 0) is 30.9 Å². The van der Waals surface area contributed by atoms with Crippen molar-refractivity contribution in [2.45, 2.75) is 31.2 Å². The van der Waals surface area contributed by atoms with Crippen LogP contribution in [0.25, 0.3) is 0 Å². The van der Waals surface area contributed by atoms with Gasteiger partial charge in [-0.3, -0.25) is 9.48 Å². The Labute approximate surface area is 142 Å². The number of amides is 1. The van der Waals surface area contributed by atoms with Gasteiger partial charge in [0.2, 0.25) is 0 Å². The number of aliphatic hydroxyl groups is 1. The average Bonchev–Trinajstić information content (AvgIpc) is 2.95. The van der Waals surface area contributed by atoms with Crippen LogP contribution in [0.3, 0.4) is 0 Å². The molecular formula is C17H18F3N3O2. The standard InChI is InChI=1S/C17H18F3N3O2/c1-23-9-11(8-21-23)15(10-6-12(24)7-10)22-16(25)13-4-2-3-5-14(13)17(18,19)20/h2-5,8-10,12,15,24H,6-7H2,1H3,(H,22,25). The van der Waals surface area contributed by atoms with E-state index in [1.165, 1.54) is 12.1 Å². The van der Waals surface area contributed by atoms with Crippen molar-refractivity contribution in [2.75, 3.05) is 0 Å². The molecule has 1 aromatic carbocycles. The molecule has 1 unspecified atom stereocenters. The molecule has 1 aliphatic carbocycles. The van der Waals surface area contributed by atoms with E-state index in [0.717, 1.165) is 12.1 Å². The van der Waals surface area contributed by atoms with Gasteiger partial charge in [0, 0.05) is 18.8 Å². The predicted octanol–water partition coefficient (Wildman–Crippen LogP) is 2.68. The molecule has 0 spiro atoms. The van der Waals surface area contributed by atoms with Crippen LogP contribution in [-0.2, 0) is 13.2 Å². The van der Waals surface area contributed by atoms with Crippen LogP contribution in [0, 0.1) is 5.92 Å². The highest BCUT2D eigenvalue weighted by Gasteiger charge is 2.38. The van der Waals surface area contributed by atoms with Gasteiger partial charge in [0.15, 0.2) is 0 Å². The highest BCUT2D eigenvalue weighted by Crippen LogP contribution is 2.38. The second kappa shape index (κ2) is 6.51. The van der Waals surface area contributed by atoms with Gasteiger partial charge in [-0.2, -0.15) is 18.3 Å². The van der Waals surface area contributed by atoms with E-state index >= 15 is 0 Å². The molecule has 0 saturated heterocycles. The summed E-state index contributed by atoms with van der Waals surface area (Å²) in [6, 6.07) is 4.21. The van der Waals surface area contributed by atoms with Crippen molar-refractivity contribution in [2.24, 2.45) is 13.0 Å². The number of halogens is 3. The number of hydrogen-bond donors (Lipinski definition) is 2. The van der Waals surface area contributed by atoms with E-state index in [2.05, 4.69) is 10.4 Å². The zero-order valence-corrected chi connectivity index (χ0v) is 13.5. The Morgan fingerprint density at radius 1 is 1.36 bits per heavy atom. The third-order valence-electron chi connectivity index (χ3n) is 4.47. The summed E-state index contributed by atoms with van der Waals surface area (Å²) in [6.45, 7) is 0. The maximum absolute atomic E-state index is 13.1. The van der Waals surface area contributed by atoms with E-state index in [1.54, 1.807) is 24.1 Å². The molecule has 3 rings (SSSR count). The monoisotopic (exact) mass is 353 g/mol. The predicted molar refractivity (Wildman–Crippen MR) is 83.6 cm³/mol. The largest absolute Gasteiger partial charge is 0.417 e. The Morgan fingerprint density at radius 2 is 2.04 bits per heavy atom. The fourth-order valence-corrected chi connectivity index (χ4v) is 3.12. The van der Waals surface area contributed by atoms with Crippen molar-refractivity contribution in [3.05, 3.63) is 53.3 Å². The van der Waals surface area contributed by atoms with Gasteiger partial charge in [0.05, 0.1) is 29.5 Å². The quantitative estimate of drug-likeness (QED) is 0.888. The smallest absolute Gasteiger partial charge is 0.393 e. The SMILES string of the molecule is Cn1cc(C(NC(=O)c2ccccc2C(F)(F)F)C2CC(O)C2)cn1. The summed E-state index contributed by atoms with van der Waals surface area (Å²) in [5.41, 5.74) is -0.674. The van der Waals surface area contributed by atoms with Crippen LogP contribution in [-0.4, -0.2) is 26.9 Å². The van der Waals surface area contributed by atoms with Crippen molar-refractivity contribution in [3.63, 3.8) is 0 Å². The second-order valence-electron chi connectivity index (χ2n) is 6.33. The number of aryl methyl sites for hydroxylation is 1. The maximum Gasteiger partial charge on any atom is 0.417 e. The number of benzene rings is 1. The highest BCUT2D eigenvalue weighted by atomic mass is 19.4. The number of alkyl halides is 3. The molecule has 8 heteroatoms. The van der Waals surface area contributed by atoms with Gasteiger partial charge >= 0.3 is 6.18 Å². The molecule has 0 radical (unpaired) electrons. The van der Waals surface area contributed by atoms with Crippen LogP contribution >= 0.6 is 0 Å². The van der Waals surface area contributed by atoms with Crippen LogP contribution in [0.2, 0.25) is 0 Å². The van der Waals surface area contributed by atoms with E-state index < -0.39 is 35.4 Å². The third kappa shape index (κ3) is 3.68. The molecule has 2 aromatic rings. The van der Waals surface area contributed by atoms with Gasteiger partial charge in [-0.15, -0.1) is 0 Å². The van der Waals surface area contributed by atoms with E-state index in [9.17, 15) is 23.1 Å². The zero-order valence-electron chi connectivity index (χ0n) is 13.5. The summed E-state index contributed by atoms with van der Waals surface area (Å²) in [6.07, 6.45) is -0.786. The average molecular weight is 353 g/mol. The number of carbonyl (C=O) groups excluding carboxylic acids is 1. The normalized spacial score (nSPS) is 21.5. The fraction of sp³-hybridized carbons (Fsp3) is 0.412. The summed E-state index contributed by atoms with van der Waals surface area (Å²) in [5.74, 6) is -0.829. The molecule has 2 N–H and O–H groups in total. The van der Waals surface area contributed by atoms with E-state index in [0.29, 0.717) is 18.4 Å². The Hall–Kier alpha value is -2.35. The summed E-state index contributed by atoms with van der Waals surface area (Å²) in [5, 5.41) is 16.3. The first kappa shape index (κ1) is 17.5. The number of aromatic nitrogens is 2. The van der Waals surface area contributed by atoms with Gasteiger partial charge in [-0.25, -0.2) is 0 Å². The van der Waals surface area contributed by atoms with Gasteiger partial charge in [0.25, 0.3) is 5.91 Å². The Balaban J connectivity index is 1.86. The molecule has 1 saturated carbocycles. The lowest BCUT2D eigenvalue weighted by Gasteiger charge is -2.37. The fourth-order valence-electron chi connectivity index (χ4n) is 3.12. The molecule has 1 fully saturated rings. The topological polar surface area (TPSA) is 67.2 Å². The van der Waals surface area contributed by atoms with Crippen molar-refractivity contribution >= 4 is 5.91 Å². The number of nitrogens with one attached hydrogen (secondary N) is 1. The first-order chi connectivity index (χ1) is 11.8. The molecule has 1 heterocycles. The molecule has 1 atom stereocenters. The molecule has 5 nitrogen and oxygen atoms in total. The number of carbonyl (C=O) groups is 1. The lowest BCUT2D eigenvalue weighted by Crippen LogP contribution is -2.41. The van der Waals surface area contributed by atoms with E-state index in [4.69, 9.17) is 0 Å². The number of hydrogen-bond acceptors (Lipinski definition) is 3. The molecule has 134 valence electrons. The minimum absolute atomic E-state index is 0.0406. The van der Waals surface area contributed by atoms with Gasteiger partial charge in [0.1, 0.15) is 0 Å². The molecular weight excluding hydrogens is 335 g/mol. The first-order valence-electron chi connectivity index (χ1n) is 7.89. The molecule has 1 aliphatic rings. The maximum atomic E-state index is 13.1. The lowest BCUT2D eigenvalue weighted by atomic mass is 9.75. The highest BCUT2D eigenvalue weighted by molar-refractivity contribution is 5.96. The van der Waals surface area contributed by atoms with Crippen molar-refractivity contribution in [3.8, 4) is 0 Å². The number of aliphatic hydroxyl groups excluding tert-OH is 1. The van der Waals surface area contributed by atoms with Crippen LogP contribution < -0.4 is 5.32 Å². The molecule has 1 amide bonds. The number of nitrogens with zero attached hydrogens (tertiary/aromatic N) is 2. The molecule has 0 bridgehead atoms. The van der Waals surface area contributed by atoms with E-state index in [1.807, 2.05) is 0 Å². The second-order valence-corrected chi connectivity index (χ2v) is 6.33. The minimum Gasteiger partial charge on any atom is -0.393 e. The Bertz CT molecular complexity index is 766. The van der Waals surface area contributed by atoms with Crippen LogP contribution in [0.1, 0.15) is 40.4 Å². The van der Waals surface area contributed by atoms with E-state index in [-0.39, 0.29) is 5.92 Å². The summed E-state index contributed by atoms with van der Waals surface area (Å²) in [7, 11) is 1.72. The Kier molecular flexibility index (Phi) is 4.55. The van der Waals surface area contributed by atoms with Crippen molar-refractivity contribution in [1.29, 1.82) is 0 Å². The molecule has 0 aliphatic heterocycles. The Morgan fingerprint density at radius 3 is 2.60 bits per heavy atom. The van der Waals surface area contributed by atoms with Crippen LogP contribution in [0.4, 0.5) is 13.2 Å². The zero-order chi connectivity index (χ0) is 18.2.